The van der Waals surface area contributed by atoms with Crippen molar-refractivity contribution in [2.24, 2.45) is 0 Å². The van der Waals surface area contributed by atoms with Crippen LogP contribution in [0, 0.1) is 6.92 Å². The molecule has 8 heteroatoms. The molecule has 30 heavy (non-hydrogen) atoms. The SMILES string of the molecule is CCOc1ccc(COC)cc1CN1CC[C@H](c2ncncc2-c2noc(C)n2)C1. The Balaban J connectivity index is 1.52. The molecule has 1 atom stereocenters. The van der Waals surface area contributed by atoms with Crippen LogP contribution in [0.25, 0.3) is 11.4 Å². The Kier molecular flexibility index (Phi) is 6.35. The van der Waals surface area contributed by atoms with Crippen LogP contribution in [0.3, 0.4) is 0 Å². The molecule has 0 aliphatic carbocycles. The van der Waals surface area contributed by atoms with Gasteiger partial charge in [0.25, 0.3) is 0 Å². The molecule has 8 nitrogen and oxygen atoms in total. The summed E-state index contributed by atoms with van der Waals surface area (Å²) < 4.78 is 16.3. The van der Waals surface area contributed by atoms with Gasteiger partial charge in [-0.15, -0.1) is 0 Å². The van der Waals surface area contributed by atoms with Crippen LogP contribution in [0.5, 0.6) is 5.75 Å². The molecule has 0 N–H and O–H groups in total. The van der Waals surface area contributed by atoms with Crippen molar-refractivity contribution >= 4 is 0 Å². The molecule has 0 amide bonds. The number of nitrogens with zero attached hydrogens (tertiary/aromatic N) is 5. The lowest BCUT2D eigenvalue weighted by Crippen LogP contribution is -2.21. The predicted molar refractivity (Wildman–Crippen MR) is 111 cm³/mol. The number of aryl methyl sites for hydroxylation is 1. The van der Waals surface area contributed by atoms with Gasteiger partial charge in [-0.05, 0) is 37.6 Å². The van der Waals surface area contributed by atoms with Gasteiger partial charge in [0.1, 0.15) is 12.1 Å². The summed E-state index contributed by atoms with van der Waals surface area (Å²) in [5, 5.41) is 4.06. The maximum absolute atomic E-state index is 5.86. The second kappa shape index (κ2) is 9.32. The molecule has 0 radical (unpaired) electrons. The number of hydrogen-bond donors (Lipinski definition) is 0. The number of benzene rings is 1. The number of hydrogen-bond acceptors (Lipinski definition) is 8. The van der Waals surface area contributed by atoms with Crippen LogP contribution >= 0.6 is 0 Å². The number of methoxy groups -OCH3 is 1. The fraction of sp³-hybridized carbons (Fsp3) is 0.455. The monoisotopic (exact) mass is 409 g/mol. The van der Waals surface area contributed by atoms with Crippen molar-refractivity contribution in [3.63, 3.8) is 0 Å². The lowest BCUT2D eigenvalue weighted by molar-refractivity contribution is 0.184. The number of ether oxygens (including phenoxy) is 2. The highest BCUT2D eigenvalue weighted by molar-refractivity contribution is 5.57. The van der Waals surface area contributed by atoms with Crippen LogP contribution in [0.1, 0.15) is 42.0 Å². The molecule has 1 fully saturated rings. The van der Waals surface area contributed by atoms with Gasteiger partial charge in [-0.25, -0.2) is 9.97 Å². The van der Waals surface area contributed by atoms with Gasteiger partial charge in [0.05, 0.1) is 24.5 Å². The van der Waals surface area contributed by atoms with Crippen molar-refractivity contribution in [2.75, 3.05) is 26.8 Å². The Bertz CT molecular complexity index is 990. The first kappa shape index (κ1) is 20.4. The van der Waals surface area contributed by atoms with E-state index in [-0.39, 0.29) is 0 Å². The lowest BCUT2D eigenvalue weighted by atomic mass is 10.00. The molecular formula is C22H27N5O3. The van der Waals surface area contributed by atoms with Gasteiger partial charge < -0.3 is 14.0 Å². The molecule has 1 aromatic carbocycles. The van der Waals surface area contributed by atoms with E-state index >= 15 is 0 Å². The number of likely N-dealkylation sites (tertiary alicyclic amines) is 1. The van der Waals surface area contributed by atoms with E-state index < -0.39 is 0 Å². The van der Waals surface area contributed by atoms with E-state index in [9.17, 15) is 0 Å². The van der Waals surface area contributed by atoms with Gasteiger partial charge in [-0.1, -0.05) is 11.2 Å². The fourth-order valence-electron chi connectivity index (χ4n) is 3.99. The topological polar surface area (TPSA) is 86.4 Å². The zero-order chi connectivity index (χ0) is 20.9. The first-order chi connectivity index (χ1) is 14.7. The second-order valence-corrected chi connectivity index (χ2v) is 7.49. The van der Waals surface area contributed by atoms with Crippen molar-refractivity contribution in [3.8, 4) is 17.1 Å². The molecule has 3 heterocycles. The Morgan fingerprint density at radius 2 is 2.20 bits per heavy atom. The van der Waals surface area contributed by atoms with Crippen LogP contribution in [0.15, 0.2) is 35.2 Å². The zero-order valence-electron chi connectivity index (χ0n) is 17.7. The third-order valence-corrected chi connectivity index (χ3v) is 5.30. The molecule has 0 unspecified atom stereocenters. The highest BCUT2D eigenvalue weighted by Gasteiger charge is 2.29. The van der Waals surface area contributed by atoms with E-state index in [1.807, 2.05) is 13.0 Å². The third-order valence-electron chi connectivity index (χ3n) is 5.30. The molecule has 0 saturated carbocycles. The minimum absolute atomic E-state index is 0.291. The number of rotatable bonds is 8. The summed E-state index contributed by atoms with van der Waals surface area (Å²) in [5.41, 5.74) is 4.16. The predicted octanol–water partition coefficient (Wildman–Crippen LogP) is 3.37. The number of aromatic nitrogens is 4. The third kappa shape index (κ3) is 4.49. The average molecular weight is 409 g/mol. The van der Waals surface area contributed by atoms with Crippen LogP contribution < -0.4 is 4.74 Å². The van der Waals surface area contributed by atoms with E-state index in [4.69, 9.17) is 14.0 Å². The maximum Gasteiger partial charge on any atom is 0.223 e. The smallest absolute Gasteiger partial charge is 0.223 e. The van der Waals surface area contributed by atoms with Crippen LogP contribution in [0.2, 0.25) is 0 Å². The molecule has 3 aromatic rings. The summed E-state index contributed by atoms with van der Waals surface area (Å²) in [6, 6.07) is 6.28. The van der Waals surface area contributed by atoms with Gasteiger partial charge in [-0.3, -0.25) is 4.90 Å². The average Bonchev–Trinajstić information content (AvgIpc) is 3.39. The summed E-state index contributed by atoms with van der Waals surface area (Å²) in [6.45, 7) is 7.75. The minimum Gasteiger partial charge on any atom is -0.494 e. The van der Waals surface area contributed by atoms with Crippen LogP contribution in [-0.4, -0.2) is 51.8 Å². The Morgan fingerprint density at radius 3 is 2.97 bits per heavy atom. The van der Waals surface area contributed by atoms with Crippen LogP contribution in [-0.2, 0) is 17.9 Å². The molecule has 2 aromatic heterocycles. The highest BCUT2D eigenvalue weighted by Crippen LogP contribution is 2.33. The van der Waals surface area contributed by atoms with Gasteiger partial charge in [0.2, 0.25) is 11.7 Å². The van der Waals surface area contributed by atoms with Crippen molar-refractivity contribution in [1.29, 1.82) is 0 Å². The standard InChI is InChI=1S/C22H27N5O3/c1-4-29-20-6-5-16(13-28-3)9-18(20)12-27-8-7-17(11-27)21-19(10-23-14-24-21)22-25-15(2)30-26-22/h5-6,9-10,14,17H,4,7-8,11-13H2,1-3H3/t17-/m0/s1. The van der Waals surface area contributed by atoms with Crippen LogP contribution in [0.4, 0.5) is 0 Å². The highest BCUT2D eigenvalue weighted by atomic mass is 16.5. The molecule has 4 rings (SSSR count). The first-order valence-corrected chi connectivity index (χ1v) is 10.2. The second-order valence-electron chi connectivity index (χ2n) is 7.49. The van der Waals surface area contributed by atoms with E-state index in [1.54, 1.807) is 26.6 Å². The van der Waals surface area contributed by atoms with E-state index in [0.717, 1.165) is 48.6 Å². The Morgan fingerprint density at radius 1 is 1.30 bits per heavy atom. The maximum atomic E-state index is 5.86. The van der Waals surface area contributed by atoms with Crippen molar-refractivity contribution in [2.45, 2.75) is 39.3 Å². The lowest BCUT2D eigenvalue weighted by Gasteiger charge is -2.19. The van der Waals surface area contributed by atoms with Gasteiger partial charge in [-0.2, -0.15) is 4.98 Å². The Hall–Kier alpha value is -2.84. The first-order valence-electron chi connectivity index (χ1n) is 10.2. The van der Waals surface area contributed by atoms with Gasteiger partial charge in [0, 0.05) is 44.8 Å². The summed E-state index contributed by atoms with van der Waals surface area (Å²) in [5.74, 6) is 2.31. The van der Waals surface area contributed by atoms with Gasteiger partial charge >= 0.3 is 0 Å². The molecule has 158 valence electrons. The molecular weight excluding hydrogens is 382 g/mol. The fourth-order valence-corrected chi connectivity index (χ4v) is 3.99. The summed E-state index contributed by atoms with van der Waals surface area (Å²) >= 11 is 0. The quantitative estimate of drug-likeness (QED) is 0.560. The Labute approximate surface area is 176 Å². The van der Waals surface area contributed by atoms with Crippen molar-refractivity contribution in [1.82, 2.24) is 25.0 Å². The summed E-state index contributed by atoms with van der Waals surface area (Å²) in [4.78, 5) is 15.5. The summed E-state index contributed by atoms with van der Waals surface area (Å²) in [7, 11) is 1.71. The minimum atomic E-state index is 0.291. The van der Waals surface area contributed by atoms with Gasteiger partial charge in [0.15, 0.2) is 0 Å². The van der Waals surface area contributed by atoms with E-state index in [0.29, 0.717) is 30.8 Å². The normalized spacial score (nSPS) is 16.8. The molecule has 1 aliphatic heterocycles. The van der Waals surface area contributed by atoms with Crippen molar-refractivity contribution < 1.29 is 14.0 Å². The summed E-state index contributed by atoms with van der Waals surface area (Å²) in [6.07, 6.45) is 4.38. The van der Waals surface area contributed by atoms with E-state index in [1.165, 1.54) is 5.56 Å². The van der Waals surface area contributed by atoms with Crippen molar-refractivity contribution in [3.05, 3.63) is 53.4 Å². The molecule has 1 aliphatic rings. The molecule has 0 bridgehead atoms. The van der Waals surface area contributed by atoms with E-state index in [2.05, 4.69) is 37.1 Å². The molecule has 1 saturated heterocycles. The zero-order valence-corrected chi connectivity index (χ0v) is 17.7. The molecule has 0 spiro atoms. The largest absolute Gasteiger partial charge is 0.494 e.